The van der Waals surface area contributed by atoms with Crippen molar-refractivity contribution in [2.45, 2.75) is 118 Å². The van der Waals surface area contributed by atoms with Gasteiger partial charge in [0.15, 0.2) is 0 Å². The summed E-state index contributed by atoms with van der Waals surface area (Å²) < 4.78 is 0. The van der Waals surface area contributed by atoms with E-state index < -0.39 is 0 Å². The molecule has 1 heterocycles. The van der Waals surface area contributed by atoms with Gasteiger partial charge in [-0.1, -0.05) is 97.1 Å². The number of piperidine rings is 1. The van der Waals surface area contributed by atoms with E-state index in [-0.39, 0.29) is 17.6 Å². The summed E-state index contributed by atoms with van der Waals surface area (Å²) in [5.41, 5.74) is 1.40. The van der Waals surface area contributed by atoms with Crippen LogP contribution in [-0.2, 0) is 0 Å². The zero-order valence-corrected chi connectivity index (χ0v) is 24.6. The van der Waals surface area contributed by atoms with Gasteiger partial charge in [0.05, 0.1) is 6.10 Å². The van der Waals surface area contributed by atoms with E-state index in [0.717, 1.165) is 37.4 Å². The zero-order valence-electron chi connectivity index (χ0n) is 23.8. The van der Waals surface area contributed by atoms with E-state index in [0.29, 0.717) is 29.7 Å². The van der Waals surface area contributed by atoms with Crippen molar-refractivity contribution in [1.29, 1.82) is 0 Å². The Bertz CT molecular complexity index is 705. The predicted molar refractivity (Wildman–Crippen MR) is 154 cm³/mol. The van der Waals surface area contributed by atoms with Crippen molar-refractivity contribution in [1.82, 2.24) is 10.2 Å². The van der Waals surface area contributed by atoms with Crippen molar-refractivity contribution in [3.05, 3.63) is 35.5 Å². The lowest BCUT2D eigenvalue weighted by atomic mass is 9.73. The maximum Gasteiger partial charge on any atom is 0.0543 e. The Kier molecular flexibility index (Phi) is 12.4. The highest BCUT2D eigenvalue weighted by Crippen LogP contribution is 2.38. The summed E-state index contributed by atoms with van der Waals surface area (Å²) in [4.78, 5) is 2.52. The first-order chi connectivity index (χ1) is 16.5. The van der Waals surface area contributed by atoms with Crippen molar-refractivity contribution in [3.63, 3.8) is 0 Å². The molecule has 202 valence electrons. The van der Waals surface area contributed by atoms with E-state index in [9.17, 15) is 5.11 Å². The Morgan fingerprint density at radius 2 is 1.80 bits per heavy atom. The summed E-state index contributed by atoms with van der Waals surface area (Å²) in [6.45, 7) is 22.4. The molecule has 35 heavy (non-hydrogen) atoms. The molecule has 0 aromatic rings. The molecule has 1 aliphatic heterocycles. The van der Waals surface area contributed by atoms with Gasteiger partial charge < -0.3 is 15.3 Å². The first-order valence-electron chi connectivity index (χ1n) is 14.4. The molecule has 0 spiro atoms. The predicted octanol–water partition coefficient (Wildman–Crippen LogP) is 7.91. The molecule has 3 unspecified atom stereocenters. The van der Waals surface area contributed by atoms with Gasteiger partial charge in [0.2, 0.25) is 0 Å². The molecule has 1 aliphatic carbocycles. The lowest BCUT2D eigenvalue weighted by molar-refractivity contribution is 0.0580. The Morgan fingerprint density at radius 3 is 2.34 bits per heavy atom. The van der Waals surface area contributed by atoms with Gasteiger partial charge in [0.25, 0.3) is 0 Å². The fourth-order valence-electron chi connectivity index (χ4n) is 6.39. The van der Waals surface area contributed by atoms with Gasteiger partial charge in [-0.15, -0.1) is 0 Å². The van der Waals surface area contributed by atoms with E-state index in [1.165, 1.54) is 37.8 Å². The molecule has 1 saturated heterocycles. The van der Waals surface area contributed by atoms with Crippen molar-refractivity contribution in [2.24, 2.45) is 29.1 Å². The highest BCUT2D eigenvalue weighted by Gasteiger charge is 2.37. The second-order valence-corrected chi connectivity index (χ2v) is 13.0. The molecular formula is C31H55ClN2O. The number of allylic oxidation sites excluding steroid dienone is 4. The summed E-state index contributed by atoms with van der Waals surface area (Å²) in [5, 5.41) is 15.4. The second-order valence-electron chi connectivity index (χ2n) is 12.5. The Hall–Kier alpha value is -0.770. The molecular weight excluding hydrogens is 452 g/mol. The minimum Gasteiger partial charge on any atom is -0.393 e. The molecule has 2 N–H and O–H groups in total. The number of nitrogens with one attached hydrogen (secondary N) is 1. The van der Waals surface area contributed by atoms with Crippen LogP contribution in [0.25, 0.3) is 0 Å². The van der Waals surface area contributed by atoms with Gasteiger partial charge in [0.1, 0.15) is 0 Å². The molecule has 2 aliphatic rings. The topological polar surface area (TPSA) is 35.5 Å². The van der Waals surface area contributed by atoms with Crippen LogP contribution in [0, 0.1) is 29.1 Å². The largest absolute Gasteiger partial charge is 0.393 e. The number of nitrogens with zero attached hydrogens (tertiary/aromatic N) is 1. The maximum atomic E-state index is 10.6. The molecule has 2 rings (SSSR count). The normalized spacial score (nSPS) is 25.6. The number of aliphatic hydroxyl groups is 1. The van der Waals surface area contributed by atoms with Crippen molar-refractivity contribution in [3.8, 4) is 0 Å². The Morgan fingerprint density at radius 1 is 1.14 bits per heavy atom. The van der Waals surface area contributed by atoms with Gasteiger partial charge in [-0.2, -0.15) is 0 Å². The van der Waals surface area contributed by atoms with Gasteiger partial charge >= 0.3 is 0 Å². The first kappa shape index (κ1) is 30.5. The summed E-state index contributed by atoms with van der Waals surface area (Å²) in [6.07, 6.45) is 15.9. The summed E-state index contributed by atoms with van der Waals surface area (Å²) in [6, 6.07) is 0.601. The van der Waals surface area contributed by atoms with E-state index >= 15 is 0 Å². The molecule has 0 aromatic carbocycles. The smallest absolute Gasteiger partial charge is 0.0543 e. The lowest BCUT2D eigenvalue weighted by Gasteiger charge is -2.47. The standard InChI is InChI=1S/C31H55ClN2O/c1-9-28(32)17-13-16-27-18-19-34(21-31(27,7)8)24(5)30(22(2)3)33-23(4)20-29(25(6)35)26-14-11-10-12-15-26/h13,16-17,22-23,25-27,29-30,33,35H,5,9-12,14-15,18-21H2,1-4,6-8H3/b16-13+,28-17+/t23?,25-,27?,29?,30+/m0/s1. The van der Waals surface area contributed by atoms with Crippen molar-refractivity contribution >= 4 is 11.6 Å². The van der Waals surface area contributed by atoms with Crippen molar-refractivity contribution < 1.29 is 5.11 Å². The van der Waals surface area contributed by atoms with Gasteiger partial charge in [-0.05, 0) is 68.3 Å². The molecule has 3 nitrogen and oxygen atoms in total. The fraction of sp³-hybridized carbons (Fsp3) is 0.806. The Labute approximate surface area is 222 Å². The van der Waals surface area contributed by atoms with Gasteiger partial charge in [-0.3, -0.25) is 0 Å². The van der Waals surface area contributed by atoms with E-state index in [1.54, 1.807) is 0 Å². The average Bonchev–Trinajstić information content (AvgIpc) is 2.81. The third-order valence-corrected chi connectivity index (χ3v) is 9.06. The molecule has 4 heteroatoms. The monoisotopic (exact) mass is 506 g/mol. The number of aliphatic hydroxyl groups excluding tert-OH is 1. The SMILES string of the molecule is C=C([C@H](NC(C)CC(C1CCCCC1)[C@H](C)O)C(C)C)N1CCC(/C=C/C=C(/Cl)CC)C(C)(C)C1. The summed E-state index contributed by atoms with van der Waals surface area (Å²) >= 11 is 6.19. The molecule has 5 atom stereocenters. The summed E-state index contributed by atoms with van der Waals surface area (Å²) in [5.74, 6) is 2.06. The molecule has 0 bridgehead atoms. The molecule has 0 radical (unpaired) electrons. The lowest BCUT2D eigenvalue weighted by Crippen LogP contribution is -2.51. The van der Waals surface area contributed by atoms with Crippen LogP contribution in [-0.4, -0.2) is 41.3 Å². The van der Waals surface area contributed by atoms with Crippen LogP contribution in [0.15, 0.2) is 35.5 Å². The first-order valence-corrected chi connectivity index (χ1v) is 14.7. The number of rotatable bonds is 12. The van der Waals surface area contributed by atoms with Crippen LogP contribution >= 0.6 is 11.6 Å². The zero-order chi connectivity index (χ0) is 26.2. The fourth-order valence-corrected chi connectivity index (χ4v) is 6.46. The molecule has 0 amide bonds. The van der Waals surface area contributed by atoms with E-state index in [4.69, 9.17) is 11.6 Å². The minimum absolute atomic E-state index is 0.176. The molecule has 2 fully saturated rings. The Balaban J connectivity index is 2.01. The molecule has 1 saturated carbocycles. The second kappa shape index (κ2) is 14.2. The van der Waals surface area contributed by atoms with Crippen LogP contribution < -0.4 is 5.32 Å². The van der Waals surface area contributed by atoms with Crippen LogP contribution in [0.5, 0.6) is 0 Å². The number of hydrogen-bond acceptors (Lipinski definition) is 3. The number of halogens is 1. The maximum absolute atomic E-state index is 10.6. The molecule has 0 aromatic heterocycles. The van der Waals surface area contributed by atoms with Crippen LogP contribution in [0.4, 0.5) is 0 Å². The summed E-state index contributed by atoms with van der Waals surface area (Å²) in [7, 11) is 0. The van der Waals surface area contributed by atoms with Crippen LogP contribution in [0.3, 0.4) is 0 Å². The van der Waals surface area contributed by atoms with Crippen LogP contribution in [0.1, 0.15) is 99.8 Å². The van der Waals surface area contributed by atoms with Gasteiger partial charge in [-0.25, -0.2) is 0 Å². The highest BCUT2D eigenvalue weighted by atomic mass is 35.5. The quantitative estimate of drug-likeness (QED) is 0.264. The highest BCUT2D eigenvalue weighted by molar-refractivity contribution is 6.29. The number of likely N-dealkylation sites (tertiary alicyclic amines) is 1. The van der Waals surface area contributed by atoms with Gasteiger partial charge in [0, 0.05) is 35.9 Å². The van der Waals surface area contributed by atoms with Crippen molar-refractivity contribution in [2.75, 3.05) is 13.1 Å². The van der Waals surface area contributed by atoms with Crippen LogP contribution in [0.2, 0.25) is 0 Å². The third kappa shape index (κ3) is 9.24. The number of hydrogen-bond donors (Lipinski definition) is 2. The van der Waals surface area contributed by atoms with E-state index in [2.05, 4.69) is 70.5 Å². The third-order valence-electron chi connectivity index (χ3n) is 8.67. The average molecular weight is 507 g/mol. The van der Waals surface area contributed by atoms with E-state index in [1.807, 2.05) is 13.0 Å². The minimum atomic E-state index is -0.238.